The van der Waals surface area contributed by atoms with Crippen molar-refractivity contribution in [1.29, 1.82) is 0 Å². The van der Waals surface area contributed by atoms with Gasteiger partial charge in [-0.2, -0.15) is 0 Å². The number of hydrogen-bond acceptors (Lipinski definition) is 5. The maximum Gasteiger partial charge on any atom is 0.129 e. The lowest BCUT2D eigenvalue weighted by Gasteiger charge is -2.35. The van der Waals surface area contributed by atoms with Gasteiger partial charge in [-0.1, -0.05) is 30.3 Å². The van der Waals surface area contributed by atoms with E-state index < -0.39 is 6.10 Å². The topological polar surface area (TPSA) is 49.1 Å². The molecule has 0 bridgehead atoms. The van der Waals surface area contributed by atoms with E-state index in [0.29, 0.717) is 19.8 Å². The first-order chi connectivity index (χ1) is 11.8. The van der Waals surface area contributed by atoms with Gasteiger partial charge in [0.2, 0.25) is 0 Å². The lowest BCUT2D eigenvalue weighted by molar-refractivity contribution is -0.00307. The molecule has 1 saturated heterocycles. The van der Waals surface area contributed by atoms with Gasteiger partial charge in [0.05, 0.1) is 19.0 Å². The number of β-amino-alcohol motifs (C(OH)–C–C–N with tert-alkyl or cyclic N) is 1. The Balaban J connectivity index is 1.31. The minimum atomic E-state index is -0.458. The average Bonchev–Trinajstić information content (AvgIpc) is 3.11. The summed E-state index contributed by atoms with van der Waals surface area (Å²) in [5.41, 5.74) is 1.36. The molecule has 0 spiro atoms. The molecule has 0 aliphatic carbocycles. The molecule has 1 aromatic heterocycles. The molecule has 1 aromatic carbocycles. The summed E-state index contributed by atoms with van der Waals surface area (Å²) in [5, 5.41) is 10.1. The van der Waals surface area contributed by atoms with Crippen LogP contribution < -0.4 is 0 Å². The van der Waals surface area contributed by atoms with Crippen molar-refractivity contribution in [1.82, 2.24) is 9.80 Å². The number of benzene rings is 1. The molecule has 2 aromatic rings. The molecule has 24 heavy (non-hydrogen) atoms. The number of piperazine rings is 1. The Labute approximate surface area is 143 Å². The summed E-state index contributed by atoms with van der Waals surface area (Å²) in [6, 6.07) is 14.3. The van der Waals surface area contributed by atoms with Crippen LogP contribution in [0.25, 0.3) is 0 Å². The Morgan fingerprint density at radius 1 is 1.00 bits per heavy atom. The van der Waals surface area contributed by atoms with Crippen molar-refractivity contribution in [3.05, 3.63) is 60.1 Å². The number of ether oxygens (including phenoxy) is 1. The van der Waals surface area contributed by atoms with E-state index in [2.05, 4.69) is 40.1 Å². The zero-order valence-corrected chi connectivity index (χ0v) is 14.0. The summed E-state index contributed by atoms with van der Waals surface area (Å²) in [6.45, 7) is 6.47. The highest BCUT2D eigenvalue weighted by molar-refractivity contribution is 5.14. The van der Waals surface area contributed by atoms with Gasteiger partial charge in [0.1, 0.15) is 12.4 Å². The van der Waals surface area contributed by atoms with Crippen LogP contribution in [0.5, 0.6) is 0 Å². The lowest BCUT2D eigenvalue weighted by Crippen LogP contribution is -2.48. The zero-order chi connectivity index (χ0) is 16.6. The molecule has 0 saturated carbocycles. The van der Waals surface area contributed by atoms with E-state index in [4.69, 9.17) is 9.15 Å². The van der Waals surface area contributed by atoms with Gasteiger partial charge >= 0.3 is 0 Å². The molecule has 130 valence electrons. The molecule has 1 aliphatic rings. The average molecular weight is 330 g/mol. The van der Waals surface area contributed by atoms with Crippen molar-refractivity contribution >= 4 is 0 Å². The largest absolute Gasteiger partial charge is 0.467 e. The summed E-state index contributed by atoms with van der Waals surface area (Å²) < 4.78 is 10.7. The summed E-state index contributed by atoms with van der Waals surface area (Å²) in [5.74, 6) is 0.789. The number of nitrogens with zero attached hydrogens (tertiary/aromatic N) is 2. The van der Waals surface area contributed by atoms with Crippen molar-refractivity contribution in [2.24, 2.45) is 0 Å². The Morgan fingerprint density at radius 3 is 2.46 bits per heavy atom. The zero-order valence-electron chi connectivity index (χ0n) is 14.0. The van der Waals surface area contributed by atoms with Crippen LogP contribution >= 0.6 is 0 Å². The second-order valence-corrected chi connectivity index (χ2v) is 6.31. The van der Waals surface area contributed by atoms with Gasteiger partial charge in [-0.15, -0.1) is 0 Å². The minimum Gasteiger partial charge on any atom is -0.467 e. The lowest BCUT2D eigenvalue weighted by atomic mass is 10.2. The van der Waals surface area contributed by atoms with Crippen molar-refractivity contribution < 1.29 is 14.3 Å². The first kappa shape index (κ1) is 17.2. The van der Waals surface area contributed by atoms with Crippen LogP contribution in [0.1, 0.15) is 11.3 Å². The minimum absolute atomic E-state index is 0.338. The molecule has 1 aliphatic heterocycles. The van der Waals surface area contributed by atoms with Crippen LogP contribution in [-0.2, 0) is 17.9 Å². The standard InChI is InChI=1S/C19H26N2O3/c22-18(15-23-16-19-7-4-12-24-19)14-21-10-8-20(9-11-21)13-17-5-2-1-3-6-17/h1-7,12,18,22H,8-11,13-16H2. The first-order valence-electron chi connectivity index (χ1n) is 8.56. The van der Waals surface area contributed by atoms with Crippen molar-refractivity contribution in [3.63, 3.8) is 0 Å². The number of aliphatic hydroxyl groups excluding tert-OH is 1. The highest BCUT2D eigenvalue weighted by Gasteiger charge is 2.19. The fraction of sp³-hybridized carbons (Fsp3) is 0.474. The summed E-state index contributed by atoms with van der Waals surface area (Å²) in [4.78, 5) is 4.77. The normalized spacial score (nSPS) is 17.9. The molecule has 5 heteroatoms. The van der Waals surface area contributed by atoms with E-state index in [-0.39, 0.29) is 0 Å². The third-order valence-electron chi connectivity index (χ3n) is 4.32. The highest BCUT2D eigenvalue weighted by Crippen LogP contribution is 2.09. The van der Waals surface area contributed by atoms with E-state index >= 15 is 0 Å². The second-order valence-electron chi connectivity index (χ2n) is 6.31. The van der Waals surface area contributed by atoms with Gasteiger partial charge in [0.15, 0.2) is 0 Å². The Kier molecular flexibility index (Phi) is 6.43. The Morgan fingerprint density at radius 2 is 1.75 bits per heavy atom. The van der Waals surface area contributed by atoms with E-state index in [1.165, 1.54) is 5.56 Å². The summed E-state index contributed by atoms with van der Waals surface area (Å²) in [7, 11) is 0. The third-order valence-corrected chi connectivity index (χ3v) is 4.32. The van der Waals surface area contributed by atoms with Gasteiger partial charge in [-0.25, -0.2) is 0 Å². The SMILES string of the molecule is OC(COCc1ccco1)CN1CCN(Cc2ccccc2)CC1. The second kappa shape index (κ2) is 8.99. The molecule has 5 nitrogen and oxygen atoms in total. The van der Waals surface area contributed by atoms with E-state index in [0.717, 1.165) is 38.5 Å². The van der Waals surface area contributed by atoms with Gasteiger partial charge in [-0.3, -0.25) is 9.80 Å². The van der Waals surface area contributed by atoms with Crippen LogP contribution in [0.3, 0.4) is 0 Å². The van der Waals surface area contributed by atoms with Gasteiger partial charge < -0.3 is 14.3 Å². The molecule has 1 atom stereocenters. The maximum absolute atomic E-state index is 10.1. The molecule has 1 fully saturated rings. The van der Waals surface area contributed by atoms with Crippen molar-refractivity contribution in [3.8, 4) is 0 Å². The van der Waals surface area contributed by atoms with E-state index in [9.17, 15) is 5.11 Å². The summed E-state index contributed by atoms with van der Waals surface area (Å²) >= 11 is 0. The molecular formula is C19H26N2O3. The molecule has 1 N–H and O–H groups in total. The molecule has 2 heterocycles. The van der Waals surface area contributed by atoms with Crippen molar-refractivity contribution in [2.45, 2.75) is 19.3 Å². The van der Waals surface area contributed by atoms with Crippen LogP contribution in [0, 0.1) is 0 Å². The Hall–Kier alpha value is -1.66. The van der Waals surface area contributed by atoms with Gasteiger partial charge in [-0.05, 0) is 17.7 Å². The number of hydrogen-bond donors (Lipinski definition) is 1. The summed E-state index contributed by atoms with van der Waals surface area (Å²) in [6.07, 6.45) is 1.17. The monoisotopic (exact) mass is 330 g/mol. The van der Waals surface area contributed by atoms with Crippen LogP contribution in [0.4, 0.5) is 0 Å². The smallest absolute Gasteiger partial charge is 0.129 e. The van der Waals surface area contributed by atoms with Crippen LogP contribution in [0.15, 0.2) is 53.1 Å². The predicted octanol–water partition coefficient (Wildman–Crippen LogP) is 1.97. The number of aliphatic hydroxyl groups is 1. The molecule has 0 amide bonds. The predicted molar refractivity (Wildman–Crippen MR) is 92.5 cm³/mol. The Bertz CT molecular complexity index is 566. The fourth-order valence-electron chi connectivity index (χ4n) is 3.01. The van der Waals surface area contributed by atoms with Gasteiger partial charge in [0.25, 0.3) is 0 Å². The van der Waals surface area contributed by atoms with Gasteiger partial charge in [0, 0.05) is 39.3 Å². The number of furan rings is 1. The first-order valence-corrected chi connectivity index (χ1v) is 8.56. The molecule has 1 unspecified atom stereocenters. The van der Waals surface area contributed by atoms with Crippen LogP contribution in [-0.4, -0.2) is 60.3 Å². The van der Waals surface area contributed by atoms with Crippen molar-refractivity contribution in [2.75, 3.05) is 39.3 Å². The van der Waals surface area contributed by atoms with E-state index in [1.807, 2.05) is 12.1 Å². The molecule has 0 radical (unpaired) electrons. The third kappa shape index (κ3) is 5.46. The molecular weight excluding hydrogens is 304 g/mol. The van der Waals surface area contributed by atoms with Crippen LogP contribution in [0.2, 0.25) is 0 Å². The highest BCUT2D eigenvalue weighted by atomic mass is 16.5. The number of rotatable bonds is 8. The molecule has 3 rings (SSSR count). The quantitative estimate of drug-likeness (QED) is 0.802. The maximum atomic E-state index is 10.1. The van der Waals surface area contributed by atoms with E-state index in [1.54, 1.807) is 6.26 Å². The fourth-order valence-corrected chi connectivity index (χ4v) is 3.01.